The number of piperidine rings is 1. The molecule has 1 aromatic carbocycles. The van der Waals surface area contributed by atoms with E-state index in [0.717, 1.165) is 0 Å². The molecule has 156 valence electrons. The maximum absolute atomic E-state index is 14.0. The summed E-state index contributed by atoms with van der Waals surface area (Å²) < 4.78 is 39.5. The molecular weight excluding hydrogens is 462 g/mol. The Morgan fingerprint density at radius 3 is 2.41 bits per heavy atom. The van der Waals surface area contributed by atoms with Crippen molar-refractivity contribution in [3.05, 3.63) is 56.8 Å². The molecule has 0 saturated carbocycles. The Labute approximate surface area is 183 Å². The highest BCUT2D eigenvalue weighted by Crippen LogP contribution is 2.33. The molecule has 0 spiro atoms. The molecule has 1 saturated heterocycles. The van der Waals surface area contributed by atoms with E-state index in [2.05, 4.69) is 4.98 Å². The molecule has 0 aliphatic carbocycles. The van der Waals surface area contributed by atoms with Crippen LogP contribution in [-0.2, 0) is 15.6 Å². The van der Waals surface area contributed by atoms with E-state index < -0.39 is 21.3 Å². The third kappa shape index (κ3) is 5.20. The molecule has 10 heteroatoms. The first kappa shape index (κ1) is 22.3. The minimum absolute atomic E-state index is 0.0470. The lowest BCUT2D eigenvalue weighted by Gasteiger charge is -2.34. The normalized spacial score (nSPS) is 16.7. The first-order chi connectivity index (χ1) is 13.5. The zero-order valence-corrected chi connectivity index (χ0v) is 18.5. The van der Waals surface area contributed by atoms with E-state index in [1.165, 1.54) is 36.1 Å². The van der Waals surface area contributed by atoms with E-state index >= 15 is 0 Å². The topological polar surface area (TPSA) is 67.3 Å². The molecule has 3 rings (SSSR count). The molecule has 2 heterocycles. The largest absolute Gasteiger partial charge is 0.337 e. The van der Waals surface area contributed by atoms with Crippen molar-refractivity contribution in [2.75, 3.05) is 13.1 Å². The van der Waals surface area contributed by atoms with Crippen LogP contribution in [0, 0.1) is 0 Å². The summed E-state index contributed by atoms with van der Waals surface area (Å²) in [7, 11) is -3.88. The summed E-state index contributed by atoms with van der Waals surface area (Å²) in [5.41, 5.74) is -0.982. The number of carbonyl (C=O) groups is 1. The van der Waals surface area contributed by atoms with Crippen LogP contribution in [0.5, 0.6) is 0 Å². The third-order valence-corrected chi connectivity index (χ3v) is 7.60. The second-order valence-electron chi connectivity index (χ2n) is 7.18. The molecule has 29 heavy (non-hydrogen) atoms. The van der Waals surface area contributed by atoms with Crippen LogP contribution in [0.3, 0.4) is 0 Å². The van der Waals surface area contributed by atoms with Gasteiger partial charge in [-0.05, 0) is 44.0 Å². The summed E-state index contributed by atoms with van der Waals surface area (Å²) in [6.07, 6.45) is 0.505. The number of alkyl halides is 1. The molecule has 0 bridgehead atoms. The molecule has 5 nitrogen and oxygen atoms in total. The van der Waals surface area contributed by atoms with Crippen LogP contribution in [0.2, 0.25) is 15.1 Å². The smallest absolute Gasteiger partial charge is 0.272 e. The van der Waals surface area contributed by atoms with Gasteiger partial charge >= 0.3 is 0 Å². The Morgan fingerprint density at radius 1 is 1.14 bits per heavy atom. The molecule has 1 aromatic heterocycles. The fraction of sp³-hybridized carbons (Fsp3) is 0.368. The number of nitrogens with zero attached hydrogens (tertiary/aromatic N) is 2. The van der Waals surface area contributed by atoms with Gasteiger partial charge in [0, 0.05) is 13.1 Å². The Morgan fingerprint density at radius 2 is 1.76 bits per heavy atom. The molecule has 0 atom stereocenters. The van der Waals surface area contributed by atoms with Crippen molar-refractivity contribution >= 4 is 50.5 Å². The number of likely N-dealkylation sites (tertiary alicyclic amines) is 1. The molecule has 0 N–H and O–H groups in total. The number of amides is 1. The summed E-state index contributed by atoms with van der Waals surface area (Å²) in [5.74, 6) is -0.818. The van der Waals surface area contributed by atoms with E-state index in [4.69, 9.17) is 34.8 Å². The third-order valence-electron chi connectivity index (χ3n) is 4.77. The summed E-state index contributed by atoms with van der Waals surface area (Å²) in [4.78, 5) is 18.2. The predicted molar refractivity (Wildman–Crippen MR) is 111 cm³/mol. The highest BCUT2D eigenvalue weighted by atomic mass is 35.5. The van der Waals surface area contributed by atoms with Gasteiger partial charge in [-0.15, -0.1) is 0 Å². The fourth-order valence-corrected chi connectivity index (χ4v) is 5.36. The van der Waals surface area contributed by atoms with Gasteiger partial charge in [-0.2, -0.15) is 0 Å². The van der Waals surface area contributed by atoms with E-state index in [1.807, 2.05) is 0 Å². The molecule has 0 unspecified atom stereocenters. The maximum atomic E-state index is 14.0. The van der Waals surface area contributed by atoms with Crippen molar-refractivity contribution in [1.29, 1.82) is 0 Å². The van der Waals surface area contributed by atoms with Crippen LogP contribution in [-0.4, -0.2) is 43.0 Å². The highest BCUT2D eigenvalue weighted by Gasteiger charge is 2.32. The quantitative estimate of drug-likeness (QED) is 0.580. The number of benzene rings is 1. The summed E-state index contributed by atoms with van der Waals surface area (Å²) in [5, 5.41) is 0.165. The number of carbonyl (C=O) groups excluding carboxylic acids is 1. The summed E-state index contributed by atoms with van der Waals surface area (Å²) >= 11 is 17.8. The molecule has 1 aliphatic rings. The van der Waals surface area contributed by atoms with Crippen LogP contribution in [0.4, 0.5) is 4.39 Å². The number of sulfone groups is 1. The number of hydrogen-bond acceptors (Lipinski definition) is 4. The van der Waals surface area contributed by atoms with E-state index in [0.29, 0.717) is 0 Å². The first-order valence-electron chi connectivity index (χ1n) is 8.80. The Balaban J connectivity index is 1.81. The van der Waals surface area contributed by atoms with Gasteiger partial charge in [0.25, 0.3) is 5.91 Å². The number of aromatic nitrogens is 1. The lowest BCUT2D eigenvalue weighted by Crippen LogP contribution is -2.43. The molecule has 1 amide bonds. The van der Waals surface area contributed by atoms with Gasteiger partial charge in [-0.3, -0.25) is 4.79 Å². The molecular formula is C19H18Cl3FN2O3S. The zero-order valence-electron chi connectivity index (χ0n) is 15.5. The standard InChI is InChI=1S/C19H18Cl3FN2O3S/c1-19(23)5-7-25(8-6-19)18(26)16-4-2-3-12(24-16)11-29(27,28)17-10-14(21)13(20)9-15(17)22/h2-4,9-10H,5-8,11H2,1H3. The molecule has 1 aliphatic heterocycles. The van der Waals surface area contributed by atoms with Crippen molar-refractivity contribution in [2.45, 2.75) is 36.1 Å². The van der Waals surface area contributed by atoms with Gasteiger partial charge in [0.2, 0.25) is 0 Å². The van der Waals surface area contributed by atoms with Gasteiger partial charge in [0.1, 0.15) is 11.4 Å². The molecule has 1 fully saturated rings. The SMILES string of the molecule is CC1(F)CCN(C(=O)c2cccc(CS(=O)(=O)c3cc(Cl)c(Cl)cc3Cl)n2)CC1. The van der Waals surface area contributed by atoms with Crippen LogP contribution < -0.4 is 0 Å². The van der Waals surface area contributed by atoms with Crippen LogP contribution >= 0.6 is 34.8 Å². The highest BCUT2D eigenvalue weighted by molar-refractivity contribution is 7.90. The van der Waals surface area contributed by atoms with Crippen LogP contribution in [0.15, 0.2) is 35.2 Å². The predicted octanol–water partition coefficient (Wildman–Crippen LogP) is 4.98. The fourth-order valence-electron chi connectivity index (χ4n) is 3.03. The van der Waals surface area contributed by atoms with Crippen molar-refractivity contribution < 1.29 is 17.6 Å². The van der Waals surface area contributed by atoms with Crippen molar-refractivity contribution in [2.24, 2.45) is 0 Å². The monoisotopic (exact) mass is 478 g/mol. The minimum Gasteiger partial charge on any atom is -0.337 e. The zero-order chi connectivity index (χ0) is 21.4. The Kier molecular flexibility index (Phi) is 6.44. The van der Waals surface area contributed by atoms with Gasteiger partial charge in [-0.1, -0.05) is 40.9 Å². The maximum Gasteiger partial charge on any atom is 0.272 e. The van der Waals surface area contributed by atoms with E-state index in [1.54, 1.807) is 6.07 Å². The van der Waals surface area contributed by atoms with E-state index in [9.17, 15) is 17.6 Å². The number of rotatable bonds is 4. The Bertz CT molecular complexity index is 1050. The first-order valence-corrected chi connectivity index (χ1v) is 11.6. The van der Waals surface area contributed by atoms with Crippen LogP contribution in [0.1, 0.15) is 35.9 Å². The van der Waals surface area contributed by atoms with Crippen molar-refractivity contribution in [3.63, 3.8) is 0 Å². The second-order valence-corrected chi connectivity index (χ2v) is 10.4. The van der Waals surface area contributed by atoms with Gasteiger partial charge < -0.3 is 4.90 Å². The van der Waals surface area contributed by atoms with E-state index in [-0.39, 0.29) is 63.2 Å². The lowest BCUT2D eigenvalue weighted by atomic mass is 9.95. The van der Waals surface area contributed by atoms with Crippen LogP contribution in [0.25, 0.3) is 0 Å². The van der Waals surface area contributed by atoms with Gasteiger partial charge in [0.05, 0.1) is 31.4 Å². The number of halogens is 4. The average Bonchev–Trinajstić information content (AvgIpc) is 2.64. The Hall–Kier alpha value is -1.41. The van der Waals surface area contributed by atoms with Crippen molar-refractivity contribution in [3.8, 4) is 0 Å². The number of pyridine rings is 1. The molecule has 2 aromatic rings. The number of hydrogen-bond donors (Lipinski definition) is 0. The summed E-state index contributed by atoms with van der Waals surface area (Å²) in [6.45, 7) is 2.09. The van der Waals surface area contributed by atoms with Gasteiger partial charge in [-0.25, -0.2) is 17.8 Å². The van der Waals surface area contributed by atoms with Gasteiger partial charge in [0.15, 0.2) is 9.84 Å². The lowest BCUT2D eigenvalue weighted by molar-refractivity contribution is 0.0499. The average molecular weight is 480 g/mol. The summed E-state index contributed by atoms with van der Waals surface area (Å²) in [6, 6.07) is 7.03. The minimum atomic E-state index is -3.88. The van der Waals surface area contributed by atoms with Crippen molar-refractivity contribution in [1.82, 2.24) is 9.88 Å². The second kappa shape index (κ2) is 8.38. The molecule has 0 radical (unpaired) electrons.